The van der Waals surface area contributed by atoms with E-state index >= 15 is 0 Å². The predicted octanol–water partition coefficient (Wildman–Crippen LogP) is 3.36. The van der Waals surface area contributed by atoms with Crippen molar-refractivity contribution in [1.82, 2.24) is 4.90 Å². The molecule has 0 N–H and O–H groups in total. The number of carbonyl (C=O) groups is 1. The number of likely N-dealkylation sites (tertiary alicyclic amines) is 1. The Balaban J connectivity index is 1.94. The minimum atomic E-state index is -2.42. The molecule has 0 atom stereocenters. The van der Waals surface area contributed by atoms with Crippen molar-refractivity contribution in [3.05, 3.63) is 23.7 Å². The fourth-order valence-corrected chi connectivity index (χ4v) is 2.41. The molecule has 6 heteroatoms. The lowest BCUT2D eigenvalue weighted by Crippen LogP contribution is -2.35. The number of furan rings is 1. The van der Waals surface area contributed by atoms with Gasteiger partial charge in [-0.15, -0.1) is 0 Å². The van der Waals surface area contributed by atoms with Crippen LogP contribution in [0.2, 0.25) is 0 Å². The maximum Gasteiger partial charge on any atom is 0.289 e. The van der Waals surface area contributed by atoms with Crippen LogP contribution in [0.25, 0.3) is 0 Å². The second-order valence-corrected chi connectivity index (χ2v) is 5.17. The van der Waals surface area contributed by atoms with Crippen LogP contribution in [0.1, 0.15) is 35.6 Å². The summed E-state index contributed by atoms with van der Waals surface area (Å²) in [7, 11) is 0. The molecule has 1 aromatic rings. The van der Waals surface area contributed by atoms with Gasteiger partial charge in [-0.2, -0.15) is 8.78 Å². The Labute approximate surface area is 109 Å². The Hall–Kier alpha value is -1.04. The van der Waals surface area contributed by atoms with E-state index in [2.05, 4.69) is 0 Å². The summed E-state index contributed by atoms with van der Waals surface area (Å²) in [6.45, 7) is 1.50. The van der Waals surface area contributed by atoms with Gasteiger partial charge in [0.05, 0.1) is 5.75 Å². The molecule has 2 heterocycles. The minimum Gasteiger partial charge on any atom is -0.455 e. The van der Waals surface area contributed by atoms with E-state index in [9.17, 15) is 13.6 Å². The van der Waals surface area contributed by atoms with Gasteiger partial charge in [0.15, 0.2) is 5.76 Å². The van der Waals surface area contributed by atoms with Crippen LogP contribution in [0.4, 0.5) is 8.78 Å². The van der Waals surface area contributed by atoms with Gasteiger partial charge in [0.25, 0.3) is 11.7 Å². The summed E-state index contributed by atoms with van der Waals surface area (Å²) in [6.07, 6.45) is 3.18. The molecule has 18 heavy (non-hydrogen) atoms. The number of halogens is 2. The first-order chi connectivity index (χ1) is 8.66. The average molecular weight is 275 g/mol. The molecule has 0 saturated carbocycles. The maximum atomic E-state index is 12.0. The lowest BCUT2D eigenvalue weighted by atomic mass is 10.1. The van der Waals surface area contributed by atoms with Gasteiger partial charge >= 0.3 is 0 Å². The molecule has 3 nitrogen and oxygen atoms in total. The van der Waals surface area contributed by atoms with Crippen LogP contribution in [0.15, 0.2) is 16.5 Å². The molecular weight excluding hydrogens is 260 g/mol. The summed E-state index contributed by atoms with van der Waals surface area (Å²) in [6, 6.07) is 3.16. The topological polar surface area (TPSA) is 33.5 Å². The predicted molar refractivity (Wildman–Crippen MR) is 65.8 cm³/mol. The number of thioether (sulfide) groups is 1. The molecule has 1 aliphatic heterocycles. The largest absolute Gasteiger partial charge is 0.455 e. The van der Waals surface area contributed by atoms with Gasteiger partial charge in [-0.25, -0.2) is 0 Å². The summed E-state index contributed by atoms with van der Waals surface area (Å²) in [4.78, 5) is 13.8. The molecule has 0 radical (unpaired) electrons. The minimum absolute atomic E-state index is 0.0882. The highest BCUT2D eigenvalue weighted by Crippen LogP contribution is 2.22. The quantitative estimate of drug-likeness (QED) is 0.844. The van der Waals surface area contributed by atoms with Crippen molar-refractivity contribution >= 4 is 17.7 Å². The van der Waals surface area contributed by atoms with E-state index in [-0.39, 0.29) is 17.4 Å². The molecule has 0 bridgehead atoms. The van der Waals surface area contributed by atoms with Crippen molar-refractivity contribution in [3.63, 3.8) is 0 Å². The molecule has 0 aromatic carbocycles. The van der Waals surface area contributed by atoms with E-state index < -0.39 is 5.76 Å². The van der Waals surface area contributed by atoms with Crippen molar-refractivity contribution in [3.8, 4) is 0 Å². The maximum absolute atomic E-state index is 12.0. The van der Waals surface area contributed by atoms with Crippen LogP contribution >= 0.6 is 11.8 Å². The highest BCUT2D eigenvalue weighted by Gasteiger charge is 2.21. The smallest absolute Gasteiger partial charge is 0.289 e. The summed E-state index contributed by atoms with van der Waals surface area (Å²) >= 11 is 0.493. The molecule has 0 unspecified atom stereocenters. The number of alkyl halides is 2. The molecule has 1 aromatic heterocycles. The van der Waals surface area contributed by atoms with Crippen LogP contribution in [0, 0.1) is 0 Å². The number of hydrogen-bond donors (Lipinski definition) is 0. The Kier molecular flexibility index (Phi) is 4.63. The summed E-state index contributed by atoms with van der Waals surface area (Å²) in [5.74, 6) is -1.80. The van der Waals surface area contributed by atoms with Gasteiger partial charge in [-0.05, 0) is 31.4 Å². The molecular formula is C12H15F2NO2S. The van der Waals surface area contributed by atoms with Gasteiger partial charge < -0.3 is 9.32 Å². The first-order valence-corrected chi connectivity index (χ1v) is 6.99. The molecule has 1 aliphatic rings. The van der Waals surface area contributed by atoms with E-state index in [1.165, 1.54) is 0 Å². The summed E-state index contributed by atoms with van der Waals surface area (Å²) < 4.78 is 29.3. The van der Waals surface area contributed by atoms with Gasteiger partial charge in [-0.3, -0.25) is 4.79 Å². The van der Waals surface area contributed by atoms with Crippen LogP contribution < -0.4 is 0 Å². The zero-order valence-corrected chi connectivity index (χ0v) is 10.7. The number of amides is 1. The third-order valence-electron chi connectivity index (χ3n) is 2.87. The number of piperidine rings is 1. The number of hydrogen-bond acceptors (Lipinski definition) is 3. The van der Waals surface area contributed by atoms with Crippen LogP contribution in [0.3, 0.4) is 0 Å². The highest BCUT2D eigenvalue weighted by molar-refractivity contribution is 7.98. The lowest BCUT2D eigenvalue weighted by Gasteiger charge is -2.25. The first-order valence-electron chi connectivity index (χ1n) is 5.94. The monoisotopic (exact) mass is 275 g/mol. The molecule has 2 rings (SSSR count). The molecule has 0 aliphatic carbocycles. The van der Waals surface area contributed by atoms with Crippen LogP contribution in [-0.2, 0) is 5.75 Å². The van der Waals surface area contributed by atoms with Crippen molar-refractivity contribution in [1.29, 1.82) is 0 Å². The third kappa shape index (κ3) is 3.48. The van der Waals surface area contributed by atoms with Gasteiger partial charge in [-0.1, -0.05) is 11.8 Å². The highest BCUT2D eigenvalue weighted by atomic mass is 32.2. The first kappa shape index (κ1) is 13.4. The molecule has 100 valence electrons. The lowest BCUT2D eigenvalue weighted by molar-refractivity contribution is 0.0690. The van der Waals surface area contributed by atoms with Gasteiger partial charge in [0.2, 0.25) is 0 Å². The van der Waals surface area contributed by atoms with E-state index in [0.717, 1.165) is 32.4 Å². The molecule has 1 saturated heterocycles. The SMILES string of the molecule is O=C(c1ccc(CSC(F)F)o1)N1CCCCC1. The standard InChI is InChI=1S/C12H15F2NO2S/c13-12(14)18-8-9-4-5-10(17-9)11(16)15-6-2-1-3-7-15/h4-5,12H,1-3,6-8H2. The van der Waals surface area contributed by atoms with E-state index in [1.54, 1.807) is 17.0 Å². The van der Waals surface area contributed by atoms with Crippen LogP contribution in [0.5, 0.6) is 0 Å². The Morgan fingerprint density at radius 1 is 1.33 bits per heavy atom. The van der Waals surface area contributed by atoms with Gasteiger partial charge in [0, 0.05) is 13.1 Å². The number of rotatable bonds is 4. The molecule has 1 fully saturated rings. The zero-order chi connectivity index (χ0) is 13.0. The summed E-state index contributed by atoms with van der Waals surface area (Å²) in [5.41, 5.74) is 0. The van der Waals surface area contributed by atoms with E-state index in [4.69, 9.17) is 4.42 Å². The van der Waals surface area contributed by atoms with E-state index in [0.29, 0.717) is 17.5 Å². The molecule has 0 spiro atoms. The Morgan fingerprint density at radius 2 is 2.06 bits per heavy atom. The fraction of sp³-hybridized carbons (Fsp3) is 0.583. The Bertz CT molecular complexity index is 403. The second-order valence-electron chi connectivity index (χ2n) is 4.19. The van der Waals surface area contributed by atoms with Crippen molar-refractivity contribution < 1.29 is 18.0 Å². The van der Waals surface area contributed by atoms with E-state index in [1.807, 2.05) is 0 Å². The van der Waals surface area contributed by atoms with Crippen molar-refractivity contribution in [2.45, 2.75) is 30.8 Å². The Morgan fingerprint density at radius 3 is 2.72 bits per heavy atom. The molecule has 1 amide bonds. The average Bonchev–Trinajstić information content (AvgIpc) is 2.85. The second kappa shape index (κ2) is 6.22. The normalized spacial score (nSPS) is 16.3. The van der Waals surface area contributed by atoms with Crippen molar-refractivity contribution in [2.24, 2.45) is 0 Å². The number of nitrogens with zero attached hydrogens (tertiary/aromatic N) is 1. The van der Waals surface area contributed by atoms with Crippen molar-refractivity contribution in [2.75, 3.05) is 13.1 Å². The summed E-state index contributed by atoms with van der Waals surface area (Å²) in [5, 5.41) is 0. The van der Waals surface area contributed by atoms with Gasteiger partial charge in [0.1, 0.15) is 5.76 Å². The fourth-order valence-electron chi connectivity index (χ4n) is 1.97. The zero-order valence-electron chi connectivity index (χ0n) is 9.90. The third-order valence-corrected chi connectivity index (χ3v) is 3.57. The number of carbonyl (C=O) groups excluding carboxylic acids is 1. The van der Waals surface area contributed by atoms with Crippen LogP contribution in [-0.4, -0.2) is 29.7 Å².